The van der Waals surface area contributed by atoms with Crippen LogP contribution < -0.4 is 15.4 Å². The fourth-order valence-electron chi connectivity index (χ4n) is 2.66. The SMILES string of the molecule is COc1ccc(C(C)NC(=O)C2CC(C)CCN2)cc1Br. The van der Waals surface area contributed by atoms with Crippen LogP contribution in [0.2, 0.25) is 0 Å². The Morgan fingerprint density at radius 2 is 2.29 bits per heavy atom. The fourth-order valence-corrected chi connectivity index (χ4v) is 3.21. The van der Waals surface area contributed by atoms with Crippen molar-refractivity contribution in [2.75, 3.05) is 13.7 Å². The van der Waals surface area contributed by atoms with Crippen molar-refractivity contribution in [1.82, 2.24) is 10.6 Å². The highest BCUT2D eigenvalue weighted by atomic mass is 79.9. The summed E-state index contributed by atoms with van der Waals surface area (Å²) in [5.41, 5.74) is 1.06. The van der Waals surface area contributed by atoms with E-state index in [1.807, 2.05) is 25.1 Å². The Hall–Kier alpha value is -1.07. The zero-order valence-corrected chi connectivity index (χ0v) is 14.4. The molecule has 1 aromatic carbocycles. The van der Waals surface area contributed by atoms with Crippen LogP contribution in [0.15, 0.2) is 22.7 Å². The Morgan fingerprint density at radius 3 is 2.90 bits per heavy atom. The zero-order chi connectivity index (χ0) is 15.4. The predicted molar refractivity (Wildman–Crippen MR) is 87.4 cm³/mol. The molecule has 1 aromatic rings. The second kappa shape index (κ2) is 7.27. The molecule has 1 heterocycles. The molecule has 0 radical (unpaired) electrons. The van der Waals surface area contributed by atoms with Crippen molar-refractivity contribution in [3.05, 3.63) is 28.2 Å². The summed E-state index contributed by atoms with van der Waals surface area (Å²) in [6.45, 7) is 5.12. The minimum atomic E-state index is -0.0714. The van der Waals surface area contributed by atoms with Crippen LogP contribution >= 0.6 is 15.9 Å². The van der Waals surface area contributed by atoms with Gasteiger partial charge >= 0.3 is 0 Å². The molecule has 0 spiro atoms. The molecular formula is C16H23BrN2O2. The van der Waals surface area contributed by atoms with E-state index in [-0.39, 0.29) is 18.0 Å². The van der Waals surface area contributed by atoms with E-state index in [2.05, 4.69) is 33.5 Å². The number of benzene rings is 1. The van der Waals surface area contributed by atoms with Crippen molar-refractivity contribution >= 4 is 21.8 Å². The van der Waals surface area contributed by atoms with Gasteiger partial charge in [0.05, 0.1) is 23.7 Å². The Balaban J connectivity index is 1.98. The highest BCUT2D eigenvalue weighted by molar-refractivity contribution is 9.10. The molecule has 3 unspecified atom stereocenters. The van der Waals surface area contributed by atoms with Gasteiger partial charge < -0.3 is 15.4 Å². The molecule has 5 heteroatoms. The lowest BCUT2D eigenvalue weighted by molar-refractivity contribution is -0.124. The minimum absolute atomic E-state index is 0.0289. The number of carbonyl (C=O) groups is 1. The number of methoxy groups -OCH3 is 1. The number of hydrogen-bond donors (Lipinski definition) is 2. The first-order valence-electron chi connectivity index (χ1n) is 7.38. The number of halogens is 1. The van der Waals surface area contributed by atoms with E-state index < -0.39 is 0 Å². The minimum Gasteiger partial charge on any atom is -0.496 e. The molecule has 1 aliphatic heterocycles. The van der Waals surface area contributed by atoms with E-state index in [9.17, 15) is 4.79 Å². The lowest BCUT2D eigenvalue weighted by atomic mass is 9.93. The second-order valence-electron chi connectivity index (χ2n) is 5.76. The van der Waals surface area contributed by atoms with Crippen molar-refractivity contribution in [1.29, 1.82) is 0 Å². The smallest absolute Gasteiger partial charge is 0.237 e. The van der Waals surface area contributed by atoms with E-state index in [1.54, 1.807) is 7.11 Å². The number of ether oxygens (including phenoxy) is 1. The van der Waals surface area contributed by atoms with Gasteiger partial charge in [-0.15, -0.1) is 0 Å². The first-order valence-corrected chi connectivity index (χ1v) is 8.17. The monoisotopic (exact) mass is 354 g/mol. The van der Waals surface area contributed by atoms with Crippen molar-refractivity contribution in [2.24, 2.45) is 5.92 Å². The van der Waals surface area contributed by atoms with Gasteiger partial charge in [-0.05, 0) is 65.9 Å². The maximum absolute atomic E-state index is 12.3. The third-order valence-corrected chi connectivity index (χ3v) is 4.64. The quantitative estimate of drug-likeness (QED) is 0.873. The molecule has 0 saturated carbocycles. The number of nitrogens with one attached hydrogen (secondary N) is 2. The summed E-state index contributed by atoms with van der Waals surface area (Å²) in [6, 6.07) is 5.77. The first kappa shape index (κ1) is 16.3. The number of carbonyl (C=O) groups excluding carboxylic acids is 1. The van der Waals surface area contributed by atoms with Gasteiger partial charge in [-0.2, -0.15) is 0 Å². The summed E-state index contributed by atoms with van der Waals surface area (Å²) in [6.07, 6.45) is 2.05. The molecule has 1 aliphatic rings. The zero-order valence-electron chi connectivity index (χ0n) is 12.8. The first-order chi connectivity index (χ1) is 10.0. The molecule has 21 heavy (non-hydrogen) atoms. The van der Waals surface area contributed by atoms with Gasteiger partial charge in [-0.3, -0.25) is 4.79 Å². The summed E-state index contributed by atoms with van der Waals surface area (Å²) in [7, 11) is 1.64. The Bertz CT molecular complexity index is 507. The molecular weight excluding hydrogens is 332 g/mol. The van der Waals surface area contributed by atoms with Crippen LogP contribution in [0, 0.1) is 5.92 Å². The van der Waals surface area contributed by atoms with Crippen LogP contribution in [0.4, 0.5) is 0 Å². The molecule has 2 N–H and O–H groups in total. The molecule has 116 valence electrons. The summed E-state index contributed by atoms with van der Waals surface area (Å²) in [5.74, 6) is 1.48. The lowest BCUT2D eigenvalue weighted by Crippen LogP contribution is -2.48. The van der Waals surface area contributed by atoms with Crippen molar-refractivity contribution in [3.8, 4) is 5.75 Å². The number of rotatable bonds is 4. The van der Waals surface area contributed by atoms with E-state index in [0.717, 1.165) is 35.2 Å². The molecule has 0 bridgehead atoms. The number of amides is 1. The van der Waals surface area contributed by atoms with Gasteiger partial charge in [0.1, 0.15) is 5.75 Å². The summed E-state index contributed by atoms with van der Waals surface area (Å²) >= 11 is 3.48. The summed E-state index contributed by atoms with van der Waals surface area (Å²) < 4.78 is 6.12. The molecule has 3 atom stereocenters. The van der Waals surface area contributed by atoms with Crippen LogP contribution in [0.1, 0.15) is 38.3 Å². The van der Waals surface area contributed by atoms with Crippen LogP contribution in [-0.2, 0) is 4.79 Å². The van der Waals surface area contributed by atoms with Crippen molar-refractivity contribution in [2.45, 2.75) is 38.8 Å². The normalized spacial score (nSPS) is 23.4. The molecule has 0 aliphatic carbocycles. The Morgan fingerprint density at radius 1 is 1.52 bits per heavy atom. The van der Waals surface area contributed by atoms with Gasteiger partial charge in [-0.25, -0.2) is 0 Å². The predicted octanol–water partition coefficient (Wildman–Crippen LogP) is 3.02. The maximum atomic E-state index is 12.3. The molecule has 1 saturated heterocycles. The lowest BCUT2D eigenvalue weighted by Gasteiger charge is -2.28. The third kappa shape index (κ3) is 4.20. The molecule has 1 amide bonds. The van der Waals surface area contributed by atoms with Gasteiger partial charge in [0.25, 0.3) is 0 Å². The average Bonchev–Trinajstić information content (AvgIpc) is 2.47. The van der Waals surface area contributed by atoms with Gasteiger partial charge in [0, 0.05) is 0 Å². The largest absolute Gasteiger partial charge is 0.496 e. The van der Waals surface area contributed by atoms with Crippen molar-refractivity contribution in [3.63, 3.8) is 0 Å². The van der Waals surface area contributed by atoms with Gasteiger partial charge in [0.15, 0.2) is 0 Å². The van der Waals surface area contributed by atoms with E-state index in [1.165, 1.54) is 0 Å². The van der Waals surface area contributed by atoms with Crippen LogP contribution in [0.3, 0.4) is 0 Å². The van der Waals surface area contributed by atoms with Crippen LogP contribution in [0.25, 0.3) is 0 Å². The Labute approximate surface area is 134 Å². The highest BCUT2D eigenvalue weighted by Gasteiger charge is 2.25. The molecule has 4 nitrogen and oxygen atoms in total. The summed E-state index contributed by atoms with van der Waals surface area (Å²) in [4.78, 5) is 12.3. The topological polar surface area (TPSA) is 50.4 Å². The molecule has 2 rings (SSSR count). The highest BCUT2D eigenvalue weighted by Crippen LogP contribution is 2.28. The van der Waals surface area contributed by atoms with Gasteiger partial charge in [-0.1, -0.05) is 13.0 Å². The van der Waals surface area contributed by atoms with Crippen LogP contribution in [-0.4, -0.2) is 25.6 Å². The van der Waals surface area contributed by atoms with E-state index in [4.69, 9.17) is 4.74 Å². The molecule has 1 fully saturated rings. The standard InChI is InChI=1S/C16H23BrN2O2/c1-10-6-7-18-14(8-10)16(20)19-11(2)12-4-5-15(21-3)13(17)9-12/h4-5,9-11,14,18H,6-8H2,1-3H3,(H,19,20). The average molecular weight is 355 g/mol. The Kier molecular flexibility index (Phi) is 5.65. The van der Waals surface area contributed by atoms with Crippen molar-refractivity contribution < 1.29 is 9.53 Å². The van der Waals surface area contributed by atoms with E-state index in [0.29, 0.717) is 5.92 Å². The maximum Gasteiger partial charge on any atom is 0.237 e. The molecule has 0 aromatic heterocycles. The number of hydrogen-bond acceptors (Lipinski definition) is 3. The second-order valence-corrected chi connectivity index (χ2v) is 6.61. The number of piperidine rings is 1. The van der Waals surface area contributed by atoms with Crippen LogP contribution in [0.5, 0.6) is 5.75 Å². The van der Waals surface area contributed by atoms with Gasteiger partial charge in [0.2, 0.25) is 5.91 Å². The summed E-state index contributed by atoms with van der Waals surface area (Å²) in [5, 5.41) is 6.38. The third-order valence-electron chi connectivity index (χ3n) is 4.02. The fraction of sp³-hybridized carbons (Fsp3) is 0.562. The van der Waals surface area contributed by atoms with E-state index >= 15 is 0 Å².